The Bertz CT molecular complexity index is 888. The SMILES string of the molecule is N#Cc1cccc(S(=O)(=O)Nc2cccc(F)c2C(=O)O)c1. The first-order valence-electron chi connectivity index (χ1n) is 5.90. The molecule has 0 saturated heterocycles. The summed E-state index contributed by atoms with van der Waals surface area (Å²) in [5.74, 6) is -2.65. The van der Waals surface area contributed by atoms with Gasteiger partial charge in [-0.15, -0.1) is 0 Å². The number of nitrogens with zero attached hydrogens (tertiary/aromatic N) is 1. The van der Waals surface area contributed by atoms with Gasteiger partial charge in [0.1, 0.15) is 11.4 Å². The Morgan fingerprint density at radius 2 is 1.91 bits per heavy atom. The molecular weight excluding hydrogens is 311 g/mol. The second-order valence-electron chi connectivity index (χ2n) is 4.21. The molecule has 22 heavy (non-hydrogen) atoms. The van der Waals surface area contributed by atoms with E-state index in [2.05, 4.69) is 0 Å². The second-order valence-corrected chi connectivity index (χ2v) is 5.90. The Kier molecular flexibility index (Phi) is 4.10. The zero-order valence-electron chi connectivity index (χ0n) is 10.9. The quantitative estimate of drug-likeness (QED) is 0.898. The summed E-state index contributed by atoms with van der Waals surface area (Å²) >= 11 is 0. The van der Waals surface area contributed by atoms with Gasteiger partial charge in [0.15, 0.2) is 0 Å². The molecule has 2 N–H and O–H groups in total. The zero-order valence-corrected chi connectivity index (χ0v) is 11.8. The van der Waals surface area contributed by atoms with E-state index in [1.54, 1.807) is 6.07 Å². The number of sulfonamides is 1. The van der Waals surface area contributed by atoms with Crippen molar-refractivity contribution in [2.24, 2.45) is 0 Å². The van der Waals surface area contributed by atoms with Gasteiger partial charge >= 0.3 is 5.97 Å². The third kappa shape index (κ3) is 3.05. The van der Waals surface area contributed by atoms with Crippen LogP contribution in [0.5, 0.6) is 0 Å². The highest BCUT2D eigenvalue weighted by atomic mass is 32.2. The molecule has 0 amide bonds. The van der Waals surface area contributed by atoms with Gasteiger partial charge in [-0.2, -0.15) is 5.26 Å². The summed E-state index contributed by atoms with van der Waals surface area (Å²) in [6, 6.07) is 10.2. The van der Waals surface area contributed by atoms with Crippen LogP contribution in [0.25, 0.3) is 0 Å². The Morgan fingerprint density at radius 3 is 2.55 bits per heavy atom. The largest absolute Gasteiger partial charge is 0.478 e. The van der Waals surface area contributed by atoms with Gasteiger partial charge in [-0.25, -0.2) is 17.6 Å². The molecule has 0 bridgehead atoms. The topological polar surface area (TPSA) is 107 Å². The fourth-order valence-electron chi connectivity index (χ4n) is 1.76. The maximum absolute atomic E-state index is 13.5. The van der Waals surface area contributed by atoms with E-state index in [-0.39, 0.29) is 10.5 Å². The monoisotopic (exact) mass is 320 g/mol. The lowest BCUT2D eigenvalue weighted by Crippen LogP contribution is -2.16. The number of hydrogen-bond donors (Lipinski definition) is 2. The summed E-state index contributed by atoms with van der Waals surface area (Å²) in [6.07, 6.45) is 0. The summed E-state index contributed by atoms with van der Waals surface area (Å²) < 4.78 is 40.0. The van der Waals surface area contributed by atoms with E-state index < -0.39 is 33.1 Å². The zero-order chi connectivity index (χ0) is 16.3. The molecule has 0 atom stereocenters. The molecular formula is C14H9FN2O4S. The molecule has 8 heteroatoms. The number of nitrogens with one attached hydrogen (secondary N) is 1. The molecule has 0 saturated carbocycles. The number of anilines is 1. The first-order chi connectivity index (χ1) is 10.3. The van der Waals surface area contributed by atoms with Crippen LogP contribution in [0, 0.1) is 17.1 Å². The molecule has 0 radical (unpaired) electrons. The molecule has 6 nitrogen and oxygen atoms in total. The summed E-state index contributed by atoms with van der Waals surface area (Å²) in [7, 11) is -4.15. The lowest BCUT2D eigenvalue weighted by atomic mass is 10.2. The van der Waals surface area contributed by atoms with Gasteiger partial charge in [0.25, 0.3) is 10.0 Å². The Morgan fingerprint density at radius 1 is 1.23 bits per heavy atom. The van der Waals surface area contributed by atoms with Crippen LogP contribution in [0.3, 0.4) is 0 Å². The number of rotatable bonds is 4. The Hall–Kier alpha value is -2.92. The second kappa shape index (κ2) is 5.83. The van der Waals surface area contributed by atoms with Crippen molar-refractivity contribution in [2.75, 3.05) is 4.72 Å². The lowest BCUT2D eigenvalue weighted by molar-refractivity contribution is 0.0693. The first-order valence-corrected chi connectivity index (χ1v) is 7.38. The predicted octanol–water partition coefficient (Wildman–Crippen LogP) is 2.20. The van der Waals surface area contributed by atoms with Crippen molar-refractivity contribution < 1.29 is 22.7 Å². The average molecular weight is 320 g/mol. The van der Waals surface area contributed by atoms with Gasteiger partial charge in [-0.05, 0) is 30.3 Å². The first kappa shape index (κ1) is 15.5. The van der Waals surface area contributed by atoms with Crippen LogP contribution in [0.15, 0.2) is 47.4 Å². The van der Waals surface area contributed by atoms with E-state index in [4.69, 9.17) is 10.4 Å². The van der Waals surface area contributed by atoms with Gasteiger partial charge in [-0.3, -0.25) is 4.72 Å². The standard InChI is InChI=1S/C14H9FN2O4S/c15-11-5-2-6-12(13(11)14(18)19)17-22(20,21)10-4-1-3-9(7-10)8-16/h1-7,17H,(H,18,19). The highest BCUT2D eigenvalue weighted by molar-refractivity contribution is 7.92. The highest BCUT2D eigenvalue weighted by Crippen LogP contribution is 2.23. The lowest BCUT2D eigenvalue weighted by Gasteiger charge is -2.11. The van der Waals surface area contributed by atoms with Crippen molar-refractivity contribution in [1.29, 1.82) is 5.26 Å². The number of halogens is 1. The fraction of sp³-hybridized carbons (Fsp3) is 0. The van der Waals surface area contributed by atoms with Crippen LogP contribution < -0.4 is 4.72 Å². The van der Waals surface area contributed by atoms with Crippen LogP contribution in [0.1, 0.15) is 15.9 Å². The van der Waals surface area contributed by atoms with E-state index in [1.807, 2.05) is 4.72 Å². The molecule has 0 aliphatic heterocycles. The molecule has 0 fully saturated rings. The maximum Gasteiger partial charge on any atom is 0.340 e. The maximum atomic E-state index is 13.5. The number of carboxylic acid groups (broad SMARTS) is 1. The average Bonchev–Trinajstić information content (AvgIpc) is 2.46. The molecule has 0 aliphatic rings. The predicted molar refractivity (Wildman–Crippen MR) is 75.3 cm³/mol. The molecule has 0 unspecified atom stereocenters. The summed E-state index contributed by atoms with van der Waals surface area (Å²) in [4.78, 5) is 10.8. The van der Waals surface area contributed by atoms with E-state index in [0.29, 0.717) is 0 Å². The summed E-state index contributed by atoms with van der Waals surface area (Å²) in [5.41, 5.74) is -1.04. The molecule has 0 aliphatic carbocycles. The molecule has 0 heterocycles. The van der Waals surface area contributed by atoms with E-state index in [0.717, 1.165) is 18.2 Å². The third-order valence-electron chi connectivity index (χ3n) is 2.75. The minimum Gasteiger partial charge on any atom is -0.478 e. The summed E-state index contributed by atoms with van der Waals surface area (Å²) in [5, 5.41) is 17.8. The van der Waals surface area contributed by atoms with Crippen LogP contribution >= 0.6 is 0 Å². The number of nitriles is 1. The van der Waals surface area contributed by atoms with Crippen LogP contribution in [0.4, 0.5) is 10.1 Å². The van der Waals surface area contributed by atoms with Gasteiger partial charge in [0.2, 0.25) is 0 Å². The molecule has 0 aromatic heterocycles. The minimum absolute atomic E-state index is 0.126. The minimum atomic E-state index is -4.15. The molecule has 0 spiro atoms. The smallest absolute Gasteiger partial charge is 0.340 e. The molecule has 2 rings (SSSR count). The molecule has 112 valence electrons. The van der Waals surface area contributed by atoms with Crippen molar-refractivity contribution >= 4 is 21.7 Å². The number of benzene rings is 2. The van der Waals surface area contributed by atoms with Crippen LogP contribution in [0.2, 0.25) is 0 Å². The van der Waals surface area contributed by atoms with Gasteiger partial charge in [0, 0.05) is 0 Å². The third-order valence-corrected chi connectivity index (χ3v) is 4.11. The van der Waals surface area contributed by atoms with Crippen molar-refractivity contribution in [3.8, 4) is 6.07 Å². The molecule has 2 aromatic carbocycles. The molecule has 2 aromatic rings. The van der Waals surface area contributed by atoms with Crippen molar-refractivity contribution in [1.82, 2.24) is 0 Å². The van der Waals surface area contributed by atoms with Crippen LogP contribution in [-0.2, 0) is 10.0 Å². The highest BCUT2D eigenvalue weighted by Gasteiger charge is 2.21. The Labute approximate surface area is 125 Å². The van der Waals surface area contributed by atoms with Crippen LogP contribution in [-0.4, -0.2) is 19.5 Å². The fourth-order valence-corrected chi connectivity index (χ4v) is 2.88. The number of aromatic carboxylic acids is 1. The van der Waals surface area contributed by atoms with E-state index >= 15 is 0 Å². The van der Waals surface area contributed by atoms with Crippen molar-refractivity contribution in [3.05, 3.63) is 59.4 Å². The van der Waals surface area contributed by atoms with Gasteiger partial charge in [0.05, 0.1) is 22.2 Å². The van der Waals surface area contributed by atoms with E-state index in [9.17, 15) is 17.6 Å². The van der Waals surface area contributed by atoms with Crippen molar-refractivity contribution in [3.63, 3.8) is 0 Å². The number of carboxylic acids is 1. The van der Waals surface area contributed by atoms with Gasteiger partial charge in [-0.1, -0.05) is 12.1 Å². The number of hydrogen-bond acceptors (Lipinski definition) is 4. The Balaban J connectivity index is 2.48. The summed E-state index contributed by atoms with van der Waals surface area (Å²) in [6.45, 7) is 0. The van der Waals surface area contributed by atoms with Gasteiger partial charge < -0.3 is 5.11 Å². The van der Waals surface area contributed by atoms with E-state index in [1.165, 1.54) is 24.3 Å². The number of carbonyl (C=O) groups is 1. The normalized spacial score (nSPS) is 10.7. The van der Waals surface area contributed by atoms with Crippen molar-refractivity contribution in [2.45, 2.75) is 4.90 Å².